The summed E-state index contributed by atoms with van der Waals surface area (Å²) in [4.78, 5) is 60.6. The van der Waals surface area contributed by atoms with E-state index in [0.717, 1.165) is 51.4 Å². The molecule has 1 aliphatic carbocycles. The molecule has 2 saturated heterocycles. The molecule has 3 aliphatic rings. The number of hydrogen-bond acceptors (Lipinski definition) is 8. The Bertz CT molecular complexity index is 1280. The van der Waals surface area contributed by atoms with Gasteiger partial charge in [-0.3, -0.25) is 19.2 Å². The quantitative estimate of drug-likeness (QED) is 0.152. The van der Waals surface area contributed by atoms with E-state index in [4.69, 9.17) is 9.47 Å². The van der Waals surface area contributed by atoms with Crippen molar-refractivity contribution in [1.29, 1.82) is 0 Å². The van der Waals surface area contributed by atoms with Gasteiger partial charge >= 0.3 is 0 Å². The lowest BCUT2D eigenvalue weighted by molar-refractivity contribution is -0.139. The number of imide groups is 2. The van der Waals surface area contributed by atoms with Crippen molar-refractivity contribution in [2.45, 2.75) is 74.7 Å². The summed E-state index contributed by atoms with van der Waals surface area (Å²) < 4.78 is 7.84. The zero-order valence-electron chi connectivity index (χ0n) is 26.0. The SMILES string of the molecule is CCCCCCSC12C(=O)N(c3ccc(OC)cc3)C(=O)C1C1C(=O)N(c3ccc(OC)cc3)C(=O)C12SCCCCCC. The smallest absolute Gasteiger partial charge is 0.252 e. The molecule has 0 radical (unpaired) electrons. The van der Waals surface area contributed by atoms with Crippen LogP contribution in [0.3, 0.4) is 0 Å². The highest BCUT2D eigenvalue weighted by Gasteiger charge is 2.90. The van der Waals surface area contributed by atoms with Crippen LogP contribution in [0.5, 0.6) is 11.5 Å². The van der Waals surface area contributed by atoms with E-state index in [1.54, 1.807) is 62.8 Å². The maximum absolute atomic E-state index is 14.8. The van der Waals surface area contributed by atoms with Crippen LogP contribution in [-0.2, 0) is 19.2 Å². The molecule has 4 unspecified atom stereocenters. The van der Waals surface area contributed by atoms with Gasteiger partial charge in [0, 0.05) is 0 Å². The second kappa shape index (κ2) is 13.6. The molecular formula is C34H42N2O6S2. The van der Waals surface area contributed by atoms with Crippen LogP contribution in [0.15, 0.2) is 48.5 Å². The maximum atomic E-state index is 14.8. The van der Waals surface area contributed by atoms with Crippen LogP contribution in [-0.4, -0.2) is 58.8 Å². The molecule has 0 N–H and O–H groups in total. The van der Waals surface area contributed by atoms with Crippen molar-refractivity contribution in [2.75, 3.05) is 35.5 Å². The van der Waals surface area contributed by atoms with Gasteiger partial charge in [0.15, 0.2) is 0 Å². The molecule has 0 aromatic heterocycles. The molecule has 4 amide bonds. The van der Waals surface area contributed by atoms with Crippen molar-refractivity contribution in [2.24, 2.45) is 11.8 Å². The van der Waals surface area contributed by atoms with Gasteiger partial charge in [-0.25, -0.2) is 9.80 Å². The van der Waals surface area contributed by atoms with Crippen LogP contribution < -0.4 is 19.3 Å². The van der Waals surface area contributed by atoms with Crippen molar-refractivity contribution >= 4 is 58.5 Å². The summed E-state index contributed by atoms with van der Waals surface area (Å²) >= 11 is 2.85. The number of nitrogens with zero attached hydrogens (tertiary/aromatic N) is 2. The third kappa shape index (κ3) is 5.02. The second-order valence-electron chi connectivity index (χ2n) is 11.6. The van der Waals surface area contributed by atoms with Gasteiger partial charge in [-0.2, -0.15) is 0 Å². The number of ether oxygens (including phenoxy) is 2. The van der Waals surface area contributed by atoms with Gasteiger partial charge in [-0.05, 0) is 72.9 Å². The molecule has 1 saturated carbocycles. The molecule has 8 nitrogen and oxygen atoms in total. The van der Waals surface area contributed by atoms with E-state index in [0.29, 0.717) is 34.4 Å². The molecule has 0 spiro atoms. The number of carbonyl (C=O) groups excluding carboxylic acids is 4. The normalized spacial score (nSPS) is 25.7. The fraction of sp³-hybridized carbons (Fsp3) is 0.529. The Morgan fingerprint density at radius 3 is 1.27 bits per heavy atom. The van der Waals surface area contributed by atoms with Gasteiger partial charge in [0.2, 0.25) is 11.8 Å². The van der Waals surface area contributed by atoms with Crippen LogP contribution in [0.1, 0.15) is 65.2 Å². The van der Waals surface area contributed by atoms with Crippen molar-refractivity contribution in [3.05, 3.63) is 48.5 Å². The standard InChI is InChI=1S/C34H42N2O6S2/c1-5-7-9-11-21-43-33-27(29(37)35(31(33)39)23-13-17-25(41-3)18-14-23)28-30(38)36(24-15-19-26(42-4)20-16-24)32(40)34(28,33)44-22-12-10-8-6-2/h13-20,27-28H,5-12,21-22H2,1-4H3. The molecule has 5 rings (SSSR count). The Labute approximate surface area is 268 Å². The first-order valence-electron chi connectivity index (χ1n) is 15.7. The van der Waals surface area contributed by atoms with Crippen LogP contribution in [0.2, 0.25) is 0 Å². The maximum Gasteiger partial charge on any atom is 0.252 e. The fourth-order valence-corrected chi connectivity index (χ4v) is 10.7. The lowest BCUT2D eigenvalue weighted by Crippen LogP contribution is -2.75. The minimum absolute atomic E-state index is 0.395. The van der Waals surface area contributed by atoms with E-state index in [9.17, 15) is 19.2 Å². The van der Waals surface area contributed by atoms with Gasteiger partial charge in [-0.15, -0.1) is 23.5 Å². The van der Waals surface area contributed by atoms with E-state index in [1.165, 1.54) is 33.3 Å². The lowest BCUT2D eigenvalue weighted by atomic mass is 9.57. The predicted molar refractivity (Wildman–Crippen MR) is 177 cm³/mol. The Morgan fingerprint density at radius 2 is 0.955 bits per heavy atom. The second-order valence-corrected chi connectivity index (χ2v) is 14.3. The topological polar surface area (TPSA) is 93.2 Å². The first kappa shape index (κ1) is 32.4. The zero-order chi connectivity index (χ0) is 31.5. The van der Waals surface area contributed by atoms with E-state index >= 15 is 0 Å². The third-order valence-corrected chi connectivity index (χ3v) is 12.6. The molecule has 2 aromatic carbocycles. The van der Waals surface area contributed by atoms with Crippen LogP contribution in [0.4, 0.5) is 11.4 Å². The minimum atomic E-state index is -1.37. The monoisotopic (exact) mass is 638 g/mol. The summed E-state index contributed by atoms with van der Waals surface area (Å²) in [5, 5.41) is 0. The van der Waals surface area contributed by atoms with E-state index in [1.807, 2.05) is 0 Å². The van der Waals surface area contributed by atoms with Crippen LogP contribution in [0.25, 0.3) is 0 Å². The van der Waals surface area contributed by atoms with Crippen molar-refractivity contribution in [1.82, 2.24) is 0 Å². The van der Waals surface area contributed by atoms with Crippen molar-refractivity contribution in [3.63, 3.8) is 0 Å². The Balaban J connectivity index is 1.59. The highest BCUT2D eigenvalue weighted by molar-refractivity contribution is 8.06. The molecule has 2 heterocycles. The van der Waals surface area contributed by atoms with E-state index in [-0.39, 0.29) is 0 Å². The zero-order valence-corrected chi connectivity index (χ0v) is 27.6. The Morgan fingerprint density at radius 1 is 0.591 bits per heavy atom. The summed E-state index contributed by atoms with van der Waals surface area (Å²) in [7, 11) is 3.11. The summed E-state index contributed by atoms with van der Waals surface area (Å²) in [6.07, 6.45) is 8.02. The molecule has 44 heavy (non-hydrogen) atoms. The first-order valence-corrected chi connectivity index (χ1v) is 17.6. The molecule has 0 bridgehead atoms. The number of benzene rings is 2. The summed E-state index contributed by atoms with van der Waals surface area (Å²) in [5.41, 5.74) is 0.850. The number of rotatable bonds is 16. The largest absolute Gasteiger partial charge is 0.497 e. The molecular weight excluding hydrogens is 597 g/mol. The Kier molecular flexibility index (Phi) is 9.99. The molecule has 10 heteroatoms. The number of hydrogen-bond donors (Lipinski definition) is 0. The number of amides is 4. The predicted octanol–water partition coefficient (Wildman–Crippen LogP) is 6.50. The van der Waals surface area contributed by atoms with Crippen LogP contribution >= 0.6 is 23.5 Å². The molecule has 2 aromatic rings. The number of anilines is 2. The van der Waals surface area contributed by atoms with Crippen molar-refractivity contribution < 1.29 is 28.7 Å². The van der Waals surface area contributed by atoms with Gasteiger partial charge in [0.25, 0.3) is 11.8 Å². The number of carbonyl (C=O) groups is 4. The average Bonchev–Trinajstić information content (AvgIpc) is 3.34. The summed E-state index contributed by atoms with van der Waals surface area (Å²) in [6.45, 7) is 4.29. The number of thioether (sulfide) groups is 2. The van der Waals surface area contributed by atoms with E-state index in [2.05, 4.69) is 13.8 Å². The molecule has 3 fully saturated rings. The van der Waals surface area contributed by atoms with Gasteiger partial charge in [0.1, 0.15) is 21.0 Å². The Hall–Kier alpha value is -2.98. The summed E-state index contributed by atoms with van der Waals surface area (Å²) in [5.74, 6) is -0.993. The number of methoxy groups -OCH3 is 2. The number of fused-ring (bicyclic) bond motifs is 4. The molecule has 4 atom stereocenters. The first-order chi connectivity index (χ1) is 21.3. The molecule has 236 valence electrons. The summed E-state index contributed by atoms with van der Waals surface area (Å²) in [6, 6.07) is 13.6. The fourth-order valence-electron chi connectivity index (χ4n) is 6.86. The van der Waals surface area contributed by atoms with E-state index < -0.39 is 45.0 Å². The third-order valence-electron chi connectivity index (χ3n) is 9.09. The highest BCUT2D eigenvalue weighted by Crippen LogP contribution is 2.73. The van der Waals surface area contributed by atoms with Gasteiger partial charge < -0.3 is 9.47 Å². The lowest BCUT2D eigenvalue weighted by Gasteiger charge is -2.57. The van der Waals surface area contributed by atoms with Crippen molar-refractivity contribution in [3.8, 4) is 11.5 Å². The molecule has 2 aliphatic heterocycles. The van der Waals surface area contributed by atoms with Gasteiger partial charge in [0.05, 0.1) is 37.4 Å². The van der Waals surface area contributed by atoms with Crippen LogP contribution in [0, 0.1) is 11.8 Å². The minimum Gasteiger partial charge on any atom is -0.497 e. The highest BCUT2D eigenvalue weighted by atomic mass is 32.2. The number of unbranched alkanes of at least 4 members (excludes halogenated alkanes) is 6. The average molecular weight is 639 g/mol. The van der Waals surface area contributed by atoms with Gasteiger partial charge in [-0.1, -0.05) is 52.4 Å².